The second kappa shape index (κ2) is 8.55. The van der Waals surface area contributed by atoms with Crippen molar-refractivity contribution in [1.29, 1.82) is 0 Å². The van der Waals surface area contributed by atoms with Crippen molar-refractivity contribution in [3.05, 3.63) is 59.7 Å². The van der Waals surface area contributed by atoms with Crippen LogP contribution in [0.1, 0.15) is 25.0 Å². The van der Waals surface area contributed by atoms with Crippen LogP contribution < -0.4 is 10.2 Å². The van der Waals surface area contributed by atoms with Crippen LogP contribution in [0.3, 0.4) is 0 Å². The number of carbonyl (C=O) groups excluding carboxylic acids is 1. The number of thioether (sulfide) groups is 1. The molecule has 0 saturated carbocycles. The molecule has 4 nitrogen and oxygen atoms in total. The molecule has 0 fully saturated rings. The van der Waals surface area contributed by atoms with Gasteiger partial charge in [-0.2, -0.15) is 5.10 Å². The molecule has 0 aromatic heterocycles. The Hall–Kier alpha value is -2.27. The van der Waals surface area contributed by atoms with E-state index in [1.165, 1.54) is 17.3 Å². The Kier molecular flexibility index (Phi) is 6.44. The highest BCUT2D eigenvalue weighted by Gasteiger charge is 2.14. The van der Waals surface area contributed by atoms with Gasteiger partial charge in [-0.15, -0.1) is 11.8 Å². The van der Waals surface area contributed by atoms with E-state index in [-0.39, 0.29) is 11.2 Å². The van der Waals surface area contributed by atoms with E-state index in [2.05, 4.69) is 10.5 Å². The number of hydrogen-bond acceptors (Lipinski definition) is 4. The summed E-state index contributed by atoms with van der Waals surface area (Å²) in [5.74, 6) is 0.673. The molecule has 0 heterocycles. The number of nitrogens with one attached hydrogen (secondary N) is 1. The van der Waals surface area contributed by atoms with E-state index in [0.29, 0.717) is 0 Å². The molecule has 0 aliphatic carbocycles. The number of hydrazone groups is 1. The van der Waals surface area contributed by atoms with Gasteiger partial charge in [0.05, 0.1) is 18.1 Å². The Morgan fingerprint density at radius 2 is 1.75 bits per heavy atom. The molecule has 0 unspecified atom stereocenters. The summed E-state index contributed by atoms with van der Waals surface area (Å²) >= 11 is 1.51. The van der Waals surface area contributed by atoms with Crippen molar-refractivity contribution in [2.45, 2.75) is 30.9 Å². The summed E-state index contributed by atoms with van der Waals surface area (Å²) in [6, 6.07) is 15.7. The van der Waals surface area contributed by atoms with Gasteiger partial charge in [0.2, 0.25) is 0 Å². The normalized spacial score (nSPS) is 12.6. The Morgan fingerprint density at radius 1 is 1.12 bits per heavy atom. The predicted molar refractivity (Wildman–Crippen MR) is 99.8 cm³/mol. The first kappa shape index (κ1) is 18.1. The molecule has 0 saturated heterocycles. The van der Waals surface area contributed by atoms with Crippen molar-refractivity contribution >= 4 is 23.4 Å². The molecule has 2 aromatic rings. The Bertz CT molecular complexity index is 709. The maximum absolute atomic E-state index is 12.2. The van der Waals surface area contributed by atoms with Gasteiger partial charge in [0.25, 0.3) is 5.91 Å². The lowest BCUT2D eigenvalue weighted by atomic mass is 10.1. The number of ether oxygens (including phenoxy) is 1. The zero-order valence-corrected chi connectivity index (χ0v) is 15.2. The summed E-state index contributed by atoms with van der Waals surface area (Å²) < 4.78 is 5.13. The quantitative estimate of drug-likeness (QED) is 0.490. The smallest absolute Gasteiger partial charge is 0.253 e. The highest BCUT2D eigenvalue weighted by molar-refractivity contribution is 8.00. The van der Waals surface area contributed by atoms with Gasteiger partial charge in [-0.05, 0) is 62.7 Å². The topological polar surface area (TPSA) is 50.7 Å². The van der Waals surface area contributed by atoms with E-state index in [1.807, 2.05) is 69.3 Å². The Morgan fingerprint density at radius 3 is 2.33 bits per heavy atom. The van der Waals surface area contributed by atoms with Crippen LogP contribution >= 0.6 is 11.8 Å². The number of methoxy groups -OCH3 is 1. The van der Waals surface area contributed by atoms with Crippen molar-refractivity contribution in [3.63, 3.8) is 0 Å². The summed E-state index contributed by atoms with van der Waals surface area (Å²) in [7, 11) is 1.63. The first-order chi connectivity index (χ1) is 11.5. The predicted octanol–water partition coefficient (Wildman–Crippen LogP) is 4.02. The number of benzene rings is 2. The fourth-order valence-corrected chi connectivity index (χ4v) is 2.86. The third-order valence-electron chi connectivity index (χ3n) is 3.54. The van der Waals surface area contributed by atoms with Gasteiger partial charge >= 0.3 is 0 Å². The van der Waals surface area contributed by atoms with Gasteiger partial charge < -0.3 is 4.74 Å². The van der Waals surface area contributed by atoms with Crippen molar-refractivity contribution in [3.8, 4) is 5.75 Å². The molecule has 5 heteroatoms. The van der Waals surface area contributed by atoms with E-state index in [1.54, 1.807) is 7.11 Å². The van der Waals surface area contributed by atoms with Gasteiger partial charge in [0.1, 0.15) is 5.75 Å². The van der Waals surface area contributed by atoms with Gasteiger partial charge in [-0.1, -0.05) is 17.7 Å². The van der Waals surface area contributed by atoms with Crippen LogP contribution in [-0.2, 0) is 4.79 Å². The first-order valence-corrected chi connectivity index (χ1v) is 8.59. The molecule has 24 heavy (non-hydrogen) atoms. The van der Waals surface area contributed by atoms with Crippen LogP contribution in [-0.4, -0.2) is 24.0 Å². The van der Waals surface area contributed by atoms with Crippen LogP contribution in [0.2, 0.25) is 0 Å². The highest BCUT2D eigenvalue weighted by Crippen LogP contribution is 2.23. The van der Waals surface area contributed by atoms with Crippen molar-refractivity contribution in [1.82, 2.24) is 5.43 Å². The average molecular weight is 342 g/mol. The SMILES string of the molecule is COc1ccc(/C(C)=N\NC(=O)[C@H](C)Sc2ccc(C)cc2)cc1. The van der Waals surface area contributed by atoms with Crippen molar-refractivity contribution in [2.24, 2.45) is 5.10 Å². The summed E-state index contributed by atoms with van der Waals surface area (Å²) in [6.45, 7) is 5.78. The molecule has 1 atom stereocenters. The number of rotatable bonds is 6. The standard InChI is InChI=1S/C19H22N2O2S/c1-13-5-11-18(12-6-13)24-15(3)19(22)21-20-14(2)16-7-9-17(23-4)10-8-16/h5-12,15H,1-4H3,(H,21,22)/b20-14-/t15-/m0/s1. The van der Waals surface area contributed by atoms with Crippen LogP contribution in [0.15, 0.2) is 58.5 Å². The summed E-state index contributed by atoms with van der Waals surface area (Å²) in [4.78, 5) is 13.3. The number of aryl methyl sites for hydroxylation is 1. The summed E-state index contributed by atoms with van der Waals surface area (Å²) in [6.07, 6.45) is 0. The maximum Gasteiger partial charge on any atom is 0.253 e. The second-order valence-corrected chi connectivity index (χ2v) is 6.89. The molecule has 0 spiro atoms. The van der Waals surface area contributed by atoms with E-state index < -0.39 is 0 Å². The van der Waals surface area contributed by atoms with Gasteiger partial charge in [-0.25, -0.2) is 5.43 Å². The van der Waals surface area contributed by atoms with Gasteiger partial charge in [-0.3, -0.25) is 4.79 Å². The monoisotopic (exact) mass is 342 g/mol. The van der Waals surface area contributed by atoms with E-state index in [9.17, 15) is 4.79 Å². The van der Waals surface area contributed by atoms with Crippen molar-refractivity contribution < 1.29 is 9.53 Å². The van der Waals surface area contributed by atoms with Crippen LogP contribution in [0.25, 0.3) is 0 Å². The molecule has 2 rings (SSSR count). The summed E-state index contributed by atoms with van der Waals surface area (Å²) in [5, 5.41) is 3.97. The highest BCUT2D eigenvalue weighted by atomic mass is 32.2. The first-order valence-electron chi connectivity index (χ1n) is 7.71. The average Bonchev–Trinajstić information content (AvgIpc) is 2.61. The fraction of sp³-hybridized carbons (Fsp3) is 0.263. The van der Waals surface area contributed by atoms with Crippen molar-refractivity contribution in [2.75, 3.05) is 7.11 Å². The lowest BCUT2D eigenvalue weighted by Gasteiger charge is -2.10. The number of nitrogens with zero attached hydrogens (tertiary/aromatic N) is 1. The van der Waals surface area contributed by atoms with E-state index in [4.69, 9.17) is 4.74 Å². The zero-order chi connectivity index (χ0) is 17.5. The maximum atomic E-state index is 12.2. The lowest BCUT2D eigenvalue weighted by molar-refractivity contribution is -0.120. The number of carbonyl (C=O) groups is 1. The van der Waals surface area contributed by atoms with Crippen LogP contribution in [0.5, 0.6) is 5.75 Å². The molecule has 1 N–H and O–H groups in total. The van der Waals surface area contributed by atoms with E-state index in [0.717, 1.165) is 21.9 Å². The molecule has 1 amide bonds. The second-order valence-electron chi connectivity index (χ2n) is 5.47. The molecule has 2 aromatic carbocycles. The number of amides is 1. The van der Waals surface area contributed by atoms with Crippen LogP contribution in [0.4, 0.5) is 0 Å². The molecular weight excluding hydrogens is 320 g/mol. The minimum absolute atomic E-state index is 0.117. The molecule has 0 bridgehead atoms. The molecular formula is C19H22N2O2S. The van der Waals surface area contributed by atoms with Gasteiger partial charge in [0, 0.05) is 4.90 Å². The summed E-state index contributed by atoms with van der Waals surface area (Å²) in [5.41, 5.74) is 5.53. The Labute approximate surface area is 147 Å². The third kappa shape index (κ3) is 5.13. The third-order valence-corrected chi connectivity index (χ3v) is 4.66. The van der Waals surface area contributed by atoms with Gasteiger partial charge in [0.15, 0.2) is 0 Å². The molecule has 126 valence electrons. The molecule has 0 radical (unpaired) electrons. The zero-order valence-electron chi connectivity index (χ0n) is 14.4. The largest absolute Gasteiger partial charge is 0.497 e. The fourth-order valence-electron chi connectivity index (χ4n) is 2.00. The molecule has 0 aliphatic rings. The van der Waals surface area contributed by atoms with E-state index >= 15 is 0 Å². The molecule has 0 aliphatic heterocycles. The minimum atomic E-state index is -0.222. The van der Waals surface area contributed by atoms with Crippen LogP contribution in [0, 0.1) is 6.92 Å². The lowest BCUT2D eigenvalue weighted by Crippen LogP contribution is -2.27. The minimum Gasteiger partial charge on any atom is -0.497 e. The Balaban J connectivity index is 1.93. The number of hydrogen-bond donors (Lipinski definition) is 1.